The lowest BCUT2D eigenvalue weighted by molar-refractivity contribution is 0.479. The number of H-pyrrole nitrogens is 1. The number of rotatable bonds is 5. The number of aromatic amines is 1. The van der Waals surface area contributed by atoms with Gasteiger partial charge in [-0.1, -0.05) is 13.8 Å². The minimum absolute atomic E-state index is 0.0540. The maximum atomic E-state index is 11.7. The molecule has 7 heteroatoms. The molecule has 1 atom stereocenters. The van der Waals surface area contributed by atoms with E-state index in [0.717, 1.165) is 0 Å². The highest BCUT2D eigenvalue weighted by atomic mass is 35.5. The Morgan fingerprint density at radius 1 is 1.60 bits per heavy atom. The van der Waals surface area contributed by atoms with Crippen molar-refractivity contribution in [2.75, 3.05) is 5.88 Å². The van der Waals surface area contributed by atoms with Gasteiger partial charge in [-0.05, 0) is 12.0 Å². The van der Waals surface area contributed by atoms with E-state index >= 15 is 0 Å². The summed E-state index contributed by atoms with van der Waals surface area (Å²) in [6, 6.07) is 1.12. The molecule has 5 nitrogen and oxygen atoms in total. The van der Waals surface area contributed by atoms with Gasteiger partial charge in [0.15, 0.2) is 5.03 Å². The molecule has 0 aliphatic heterocycles. The highest BCUT2D eigenvalue weighted by Gasteiger charge is 2.22. The highest BCUT2D eigenvalue weighted by Crippen LogP contribution is 2.09. The maximum absolute atomic E-state index is 11.7. The Kier molecular flexibility index (Phi) is 4.12. The molecule has 0 fully saturated rings. The third-order valence-corrected chi connectivity index (χ3v) is 3.79. The van der Waals surface area contributed by atoms with E-state index in [9.17, 15) is 8.42 Å². The molecule has 1 heterocycles. The van der Waals surface area contributed by atoms with Crippen LogP contribution in [0.3, 0.4) is 0 Å². The Hall–Kier alpha value is -0.590. The molecule has 0 amide bonds. The number of alkyl halides is 1. The largest absolute Gasteiger partial charge is 0.266 e. The third kappa shape index (κ3) is 3.19. The Labute approximate surface area is 94.3 Å². The van der Waals surface area contributed by atoms with Gasteiger partial charge in [0, 0.05) is 11.9 Å². The Morgan fingerprint density at radius 3 is 2.67 bits per heavy atom. The smallest absolute Gasteiger partial charge is 0.257 e. The summed E-state index contributed by atoms with van der Waals surface area (Å²) in [6.45, 7) is 3.81. The quantitative estimate of drug-likeness (QED) is 0.766. The topological polar surface area (TPSA) is 74.8 Å². The van der Waals surface area contributed by atoms with Crippen molar-refractivity contribution in [3.05, 3.63) is 12.3 Å². The number of hydrogen-bond acceptors (Lipinski definition) is 3. The van der Waals surface area contributed by atoms with E-state index in [1.807, 2.05) is 13.8 Å². The van der Waals surface area contributed by atoms with E-state index in [2.05, 4.69) is 14.9 Å². The first kappa shape index (κ1) is 12.5. The van der Waals surface area contributed by atoms with Crippen LogP contribution in [0, 0.1) is 5.92 Å². The summed E-state index contributed by atoms with van der Waals surface area (Å²) in [5, 5.41) is 6.05. The average Bonchev–Trinajstić information content (AvgIpc) is 2.67. The van der Waals surface area contributed by atoms with Crippen molar-refractivity contribution >= 4 is 21.6 Å². The first-order valence-electron chi connectivity index (χ1n) is 4.55. The first-order valence-corrected chi connectivity index (χ1v) is 6.57. The monoisotopic (exact) mass is 251 g/mol. The predicted octanol–water partition coefficient (Wildman–Crippen LogP) is 0.951. The van der Waals surface area contributed by atoms with Crippen molar-refractivity contribution in [2.45, 2.75) is 24.9 Å². The molecule has 1 unspecified atom stereocenters. The molecule has 1 aromatic rings. The minimum Gasteiger partial charge on any atom is -0.266 e. The van der Waals surface area contributed by atoms with E-state index in [4.69, 9.17) is 11.6 Å². The van der Waals surface area contributed by atoms with E-state index in [-0.39, 0.29) is 22.9 Å². The summed E-state index contributed by atoms with van der Waals surface area (Å²) in [6.07, 6.45) is 1.39. The molecule has 0 spiro atoms. The fraction of sp³-hybridized carbons (Fsp3) is 0.625. The van der Waals surface area contributed by atoms with Gasteiger partial charge in [0.05, 0.1) is 6.20 Å². The molecule has 0 saturated carbocycles. The summed E-state index contributed by atoms with van der Waals surface area (Å²) < 4.78 is 26.0. The SMILES string of the molecule is CC(C)C(CCl)NS(=O)(=O)c1ccn[nH]1. The molecule has 2 N–H and O–H groups in total. The highest BCUT2D eigenvalue weighted by molar-refractivity contribution is 7.89. The molecule has 0 radical (unpaired) electrons. The van der Waals surface area contributed by atoms with Crippen LogP contribution in [-0.2, 0) is 10.0 Å². The molecular weight excluding hydrogens is 238 g/mol. The van der Waals surface area contributed by atoms with Crippen LogP contribution in [-0.4, -0.2) is 30.5 Å². The molecule has 0 saturated heterocycles. The van der Waals surface area contributed by atoms with E-state index < -0.39 is 10.0 Å². The van der Waals surface area contributed by atoms with Crippen LogP contribution in [0.5, 0.6) is 0 Å². The van der Waals surface area contributed by atoms with Gasteiger partial charge in [0.1, 0.15) is 0 Å². The molecule has 1 aromatic heterocycles. The third-order valence-electron chi connectivity index (χ3n) is 2.04. The number of sulfonamides is 1. The van der Waals surface area contributed by atoms with Crippen molar-refractivity contribution in [1.82, 2.24) is 14.9 Å². The van der Waals surface area contributed by atoms with Gasteiger partial charge in [0.2, 0.25) is 0 Å². The van der Waals surface area contributed by atoms with Gasteiger partial charge in [-0.2, -0.15) is 5.10 Å². The molecule has 0 bridgehead atoms. The summed E-state index contributed by atoms with van der Waals surface area (Å²) >= 11 is 5.68. The fourth-order valence-corrected chi connectivity index (χ4v) is 2.82. The zero-order chi connectivity index (χ0) is 11.5. The average molecular weight is 252 g/mol. The van der Waals surface area contributed by atoms with E-state index in [1.165, 1.54) is 12.3 Å². The van der Waals surface area contributed by atoms with Crippen LogP contribution in [0.25, 0.3) is 0 Å². The predicted molar refractivity (Wildman–Crippen MR) is 58.3 cm³/mol. The second kappa shape index (κ2) is 4.96. The zero-order valence-corrected chi connectivity index (χ0v) is 10.1. The molecule has 15 heavy (non-hydrogen) atoms. The molecule has 86 valence electrons. The van der Waals surface area contributed by atoms with Crippen LogP contribution in [0.2, 0.25) is 0 Å². The van der Waals surface area contributed by atoms with Gasteiger partial charge in [-0.3, -0.25) is 5.10 Å². The van der Waals surface area contributed by atoms with Gasteiger partial charge in [-0.25, -0.2) is 13.1 Å². The fourth-order valence-electron chi connectivity index (χ4n) is 1.00. The first-order chi connectivity index (χ1) is 6.97. The lowest BCUT2D eigenvalue weighted by Crippen LogP contribution is -2.39. The van der Waals surface area contributed by atoms with Crippen molar-refractivity contribution in [3.63, 3.8) is 0 Å². The van der Waals surface area contributed by atoms with E-state index in [1.54, 1.807) is 0 Å². The van der Waals surface area contributed by atoms with Gasteiger partial charge in [0.25, 0.3) is 10.0 Å². The molecular formula is C8H14ClN3O2S. The van der Waals surface area contributed by atoms with Crippen molar-refractivity contribution in [2.24, 2.45) is 5.92 Å². The van der Waals surface area contributed by atoms with Gasteiger partial charge >= 0.3 is 0 Å². The Bertz CT molecular complexity index is 388. The molecule has 0 aromatic carbocycles. The number of hydrogen-bond donors (Lipinski definition) is 2. The van der Waals surface area contributed by atoms with E-state index in [0.29, 0.717) is 0 Å². The number of aromatic nitrogens is 2. The lowest BCUT2D eigenvalue weighted by Gasteiger charge is -2.18. The van der Waals surface area contributed by atoms with Crippen LogP contribution >= 0.6 is 11.6 Å². The van der Waals surface area contributed by atoms with Gasteiger partial charge < -0.3 is 0 Å². The van der Waals surface area contributed by atoms with Gasteiger partial charge in [-0.15, -0.1) is 11.6 Å². The standard InChI is InChI=1S/C8H14ClN3O2S/c1-6(2)7(5-9)12-15(13,14)8-3-4-10-11-8/h3-4,6-7,12H,5H2,1-2H3,(H,10,11). The van der Waals surface area contributed by atoms with Crippen LogP contribution in [0.15, 0.2) is 17.3 Å². The summed E-state index contributed by atoms with van der Waals surface area (Å²) in [4.78, 5) is 0. The second-order valence-electron chi connectivity index (χ2n) is 3.55. The van der Waals surface area contributed by atoms with Crippen molar-refractivity contribution < 1.29 is 8.42 Å². The number of nitrogens with zero attached hydrogens (tertiary/aromatic N) is 1. The molecule has 0 aliphatic carbocycles. The summed E-state index contributed by atoms with van der Waals surface area (Å²) in [5.74, 6) is 0.380. The van der Waals surface area contributed by atoms with Crippen LogP contribution < -0.4 is 4.72 Å². The summed E-state index contributed by atoms with van der Waals surface area (Å²) in [5.41, 5.74) is 0. The van der Waals surface area contributed by atoms with Crippen molar-refractivity contribution in [1.29, 1.82) is 0 Å². The summed E-state index contributed by atoms with van der Waals surface area (Å²) in [7, 11) is -3.53. The Balaban J connectivity index is 2.81. The molecule has 1 rings (SSSR count). The number of nitrogens with one attached hydrogen (secondary N) is 2. The normalized spacial score (nSPS) is 14.4. The second-order valence-corrected chi connectivity index (χ2v) is 5.54. The number of halogens is 1. The van der Waals surface area contributed by atoms with Crippen LogP contribution in [0.4, 0.5) is 0 Å². The maximum Gasteiger partial charge on any atom is 0.257 e. The van der Waals surface area contributed by atoms with Crippen molar-refractivity contribution in [3.8, 4) is 0 Å². The minimum atomic E-state index is -3.53. The molecule has 0 aliphatic rings. The lowest BCUT2D eigenvalue weighted by atomic mass is 10.1. The zero-order valence-electron chi connectivity index (χ0n) is 8.57. The Morgan fingerprint density at radius 2 is 2.27 bits per heavy atom. The van der Waals surface area contributed by atoms with Crippen LogP contribution in [0.1, 0.15) is 13.8 Å².